The van der Waals surface area contributed by atoms with Crippen molar-refractivity contribution in [1.29, 1.82) is 5.26 Å². The van der Waals surface area contributed by atoms with Gasteiger partial charge in [-0.25, -0.2) is 0 Å². The van der Waals surface area contributed by atoms with Crippen LogP contribution in [0.15, 0.2) is 53.0 Å². The van der Waals surface area contributed by atoms with Crippen LogP contribution in [0, 0.1) is 18.3 Å². The molecular weight excluding hydrogens is 444 g/mol. The highest BCUT2D eigenvalue weighted by molar-refractivity contribution is 6.01. The van der Waals surface area contributed by atoms with Crippen molar-refractivity contribution in [3.8, 4) is 17.7 Å². The summed E-state index contributed by atoms with van der Waals surface area (Å²) in [4.78, 5) is 30.7. The van der Waals surface area contributed by atoms with E-state index in [1.165, 1.54) is 10.5 Å². The lowest BCUT2D eigenvalue weighted by molar-refractivity contribution is -0.117. The Morgan fingerprint density at radius 3 is 2.91 bits per heavy atom. The highest BCUT2D eigenvalue weighted by Gasteiger charge is 2.21. The molecule has 1 aromatic carbocycles. The van der Waals surface area contributed by atoms with Gasteiger partial charge < -0.3 is 14.8 Å². The van der Waals surface area contributed by atoms with E-state index in [-0.39, 0.29) is 29.0 Å². The molecule has 0 bridgehead atoms. The van der Waals surface area contributed by atoms with E-state index in [2.05, 4.69) is 10.3 Å². The smallest absolute Gasteiger partial charge is 0.269 e. The Bertz CT molecular complexity index is 1380. The standard InChI is InChI=1S/C27H28N4O4/c1-17(2)21-10-9-18(3)13-23(21)35-26-22(27(33)31-11-5-4-8-24(31)30-26)14-19(15-28)25(32)29-16-20-7-6-12-34-20/h4-5,8-11,13-14,17,20H,6-7,12,16H2,1-3H3,(H,29,32). The molecule has 0 aliphatic carbocycles. The maximum absolute atomic E-state index is 13.4. The first-order chi connectivity index (χ1) is 16.9. The molecule has 8 heteroatoms. The molecule has 1 saturated heterocycles. The zero-order valence-corrected chi connectivity index (χ0v) is 20.1. The van der Waals surface area contributed by atoms with Crippen molar-refractivity contribution in [1.82, 2.24) is 14.7 Å². The van der Waals surface area contributed by atoms with E-state index < -0.39 is 11.5 Å². The van der Waals surface area contributed by atoms with Crippen LogP contribution in [0.1, 0.15) is 49.3 Å². The van der Waals surface area contributed by atoms with Crippen LogP contribution in [0.3, 0.4) is 0 Å². The molecule has 35 heavy (non-hydrogen) atoms. The zero-order chi connectivity index (χ0) is 24.9. The topological polar surface area (TPSA) is 106 Å². The summed E-state index contributed by atoms with van der Waals surface area (Å²) < 4.78 is 13.1. The van der Waals surface area contributed by atoms with Crippen molar-refractivity contribution >= 4 is 17.6 Å². The Balaban J connectivity index is 1.78. The SMILES string of the molecule is Cc1ccc(C(C)C)c(Oc2nc3ccccn3c(=O)c2C=C(C#N)C(=O)NCC2CCCO2)c1. The largest absolute Gasteiger partial charge is 0.438 e. The van der Waals surface area contributed by atoms with Gasteiger partial charge in [-0.1, -0.05) is 32.0 Å². The highest BCUT2D eigenvalue weighted by atomic mass is 16.5. The number of benzene rings is 1. The fraction of sp³-hybridized carbons (Fsp3) is 0.333. The first-order valence-corrected chi connectivity index (χ1v) is 11.7. The van der Waals surface area contributed by atoms with Gasteiger partial charge in [0.2, 0.25) is 5.88 Å². The predicted octanol–water partition coefficient (Wildman–Crippen LogP) is 4.12. The fourth-order valence-corrected chi connectivity index (χ4v) is 3.99. The molecule has 3 heterocycles. The average Bonchev–Trinajstić information content (AvgIpc) is 3.36. The maximum Gasteiger partial charge on any atom is 0.269 e. The van der Waals surface area contributed by atoms with Crippen LogP contribution in [0.4, 0.5) is 0 Å². The number of pyridine rings is 1. The van der Waals surface area contributed by atoms with Gasteiger partial charge in [0.15, 0.2) is 0 Å². The molecule has 1 atom stereocenters. The third kappa shape index (κ3) is 5.42. The normalized spacial score (nSPS) is 15.9. The molecule has 1 N–H and O–H groups in total. The Kier molecular flexibility index (Phi) is 7.28. The van der Waals surface area contributed by atoms with Gasteiger partial charge in [0.1, 0.15) is 28.6 Å². The molecule has 1 amide bonds. The number of nitrogens with zero attached hydrogens (tertiary/aromatic N) is 3. The van der Waals surface area contributed by atoms with Crippen molar-refractivity contribution in [3.05, 3.63) is 75.2 Å². The van der Waals surface area contributed by atoms with E-state index >= 15 is 0 Å². The number of hydrogen-bond donors (Lipinski definition) is 1. The second-order valence-corrected chi connectivity index (χ2v) is 8.88. The first kappa shape index (κ1) is 24.2. The number of hydrogen-bond acceptors (Lipinski definition) is 6. The number of carbonyl (C=O) groups is 1. The molecule has 1 unspecified atom stereocenters. The van der Waals surface area contributed by atoms with Crippen LogP contribution in [-0.4, -0.2) is 34.5 Å². The summed E-state index contributed by atoms with van der Waals surface area (Å²) in [6.45, 7) is 7.02. The van der Waals surface area contributed by atoms with Crippen LogP contribution in [0.2, 0.25) is 0 Å². The molecule has 1 fully saturated rings. The summed E-state index contributed by atoms with van der Waals surface area (Å²) in [6, 6.07) is 13.0. The molecule has 0 saturated carbocycles. The van der Waals surface area contributed by atoms with Gasteiger partial charge in [0.05, 0.1) is 6.10 Å². The average molecular weight is 473 g/mol. The van der Waals surface area contributed by atoms with Gasteiger partial charge in [0, 0.05) is 19.3 Å². The van der Waals surface area contributed by atoms with E-state index in [4.69, 9.17) is 9.47 Å². The quantitative estimate of drug-likeness (QED) is 0.410. The minimum absolute atomic E-state index is 0.0220. The summed E-state index contributed by atoms with van der Waals surface area (Å²) in [5.41, 5.74) is 1.71. The number of carbonyl (C=O) groups excluding carboxylic acids is 1. The number of fused-ring (bicyclic) bond motifs is 1. The Labute approximate surface area is 203 Å². The molecule has 1 aliphatic heterocycles. The molecule has 0 radical (unpaired) electrons. The van der Waals surface area contributed by atoms with Crippen LogP contribution in [0.25, 0.3) is 11.7 Å². The summed E-state index contributed by atoms with van der Waals surface area (Å²) in [5.74, 6) is 0.200. The molecule has 180 valence electrons. The van der Waals surface area contributed by atoms with Gasteiger partial charge in [-0.15, -0.1) is 0 Å². The number of aromatic nitrogens is 2. The van der Waals surface area contributed by atoms with Crippen molar-refractivity contribution in [2.75, 3.05) is 13.2 Å². The van der Waals surface area contributed by atoms with Crippen molar-refractivity contribution < 1.29 is 14.3 Å². The lowest BCUT2D eigenvalue weighted by atomic mass is 10.0. The number of nitriles is 1. The Morgan fingerprint density at radius 2 is 2.20 bits per heavy atom. The van der Waals surface area contributed by atoms with E-state index in [9.17, 15) is 14.9 Å². The lowest BCUT2D eigenvalue weighted by Crippen LogP contribution is -2.32. The molecule has 1 aliphatic rings. The van der Waals surface area contributed by atoms with Gasteiger partial charge in [-0.2, -0.15) is 10.2 Å². The predicted molar refractivity (Wildman–Crippen MR) is 132 cm³/mol. The van der Waals surface area contributed by atoms with Crippen molar-refractivity contribution in [2.24, 2.45) is 0 Å². The number of amides is 1. The minimum atomic E-state index is -0.579. The van der Waals surface area contributed by atoms with E-state index in [1.807, 2.05) is 45.0 Å². The number of nitrogens with one attached hydrogen (secondary N) is 1. The van der Waals surface area contributed by atoms with Crippen LogP contribution in [0.5, 0.6) is 11.6 Å². The molecule has 3 aromatic rings. The first-order valence-electron chi connectivity index (χ1n) is 11.7. The summed E-state index contributed by atoms with van der Waals surface area (Å²) >= 11 is 0. The summed E-state index contributed by atoms with van der Waals surface area (Å²) in [7, 11) is 0. The maximum atomic E-state index is 13.4. The third-order valence-electron chi connectivity index (χ3n) is 5.90. The number of aryl methyl sites for hydroxylation is 1. The third-order valence-corrected chi connectivity index (χ3v) is 5.90. The van der Waals surface area contributed by atoms with Crippen LogP contribution in [-0.2, 0) is 9.53 Å². The van der Waals surface area contributed by atoms with Crippen molar-refractivity contribution in [2.45, 2.75) is 45.6 Å². The van der Waals surface area contributed by atoms with Gasteiger partial charge >= 0.3 is 0 Å². The Hall–Kier alpha value is -3.96. The lowest BCUT2D eigenvalue weighted by Gasteiger charge is -2.16. The van der Waals surface area contributed by atoms with E-state index in [1.54, 1.807) is 24.4 Å². The van der Waals surface area contributed by atoms with Gasteiger partial charge in [-0.3, -0.25) is 14.0 Å². The minimum Gasteiger partial charge on any atom is -0.438 e. The van der Waals surface area contributed by atoms with Crippen molar-refractivity contribution in [3.63, 3.8) is 0 Å². The fourth-order valence-electron chi connectivity index (χ4n) is 3.99. The molecule has 4 rings (SSSR count). The molecule has 2 aromatic heterocycles. The molecule has 8 nitrogen and oxygen atoms in total. The molecular formula is C27H28N4O4. The van der Waals surface area contributed by atoms with Crippen LogP contribution >= 0.6 is 0 Å². The number of rotatable bonds is 7. The second kappa shape index (κ2) is 10.5. The van der Waals surface area contributed by atoms with Crippen LogP contribution < -0.4 is 15.6 Å². The molecule has 0 spiro atoms. The van der Waals surface area contributed by atoms with E-state index in [0.717, 1.165) is 24.0 Å². The van der Waals surface area contributed by atoms with Gasteiger partial charge in [0.25, 0.3) is 11.5 Å². The monoisotopic (exact) mass is 472 g/mol. The zero-order valence-electron chi connectivity index (χ0n) is 20.1. The Morgan fingerprint density at radius 1 is 1.37 bits per heavy atom. The van der Waals surface area contributed by atoms with E-state index in [0.29, 0.717) is 24.5 Å². The number of ether oxygens (including phenoxy) is 2. The summed E-state index contributed by atoms with van der Waals surface area (Å²) in [6.07, 6.45) is 4.57. The summed E-state index contributed by atoms with van der Waals surface area (Å²) in [5, 5.41) is 12.4. The second-order valence-electron chi connectivity index (χ2n) is 8.88. The highest BCUT2D eigenvalue weighted by Crippen LogP contribution is 2.32. The van der Waals surface area contributed by atoms with Gasteiger partial charge in [-0.05, 0) is 61.1 Å².